The zero-order valence-corrected chi connectivity index (χ0v) is 18.6. The van der Waals surface area contributed by atoms with Crippen molar-refractivity contribution >= 4 is 6.40 Å². The van der Waals surface area contributed by atoms with E-state index >= 15 is 0 Å². The van der Waals surface area contributed by atoms with Crippen molar-refractivity contribution in [2.45, 2.75) is 26.9 Å². The molecule has 166 valence electrons. The number of allylic oxidation sites excluding steroid dienone is 2. The number of hydrogen-bond donors (Lipinski definition) is 0. The second kappa shape index (κ2) is 12.2. The third-order valence-electron chi connectivity index (χ3n) is 4.45. The molecule has 0 aliphatic carbocycles. The Morgan fingerprint density at radius 1 is 1.23 bits per heavy atom. The van der Waals surface area contributed by atoms with Crippen LogP contribution in [-0.4, -0.2) is 36.8 Å². The summed E-state index contributed by atoms with van der Waals surface area (Å²) in [6, 6.07) is 7.01. The van der Waals surface area contributed by atoms with E-state index in [1.165, 1.54) is 6.40 Å². The summed E-state index contributed by atoms with van der Waals surface area (Å²) in [5, 5.41) is 0. The maximum absolute atomic E-state index is 11.9. The average molecular weight is 428 g/mol. The Labute approximate surface area is 182 Å². The molecule has 0 atom stereocenters. The summed E-state index contributed by atoms with van der Waals surface area (Å²) in [5.74, 6) is 0.904. The summed E-state index contributed by atoms with van der Waals surface area (Å²) < 4.78 is 23.1. The van der Waals surface area contributed by atoms with Gasteiger partial charge in [-0.2, -0.15) is 0 Å². The van der Waals surface area contributed by atoms with Crippen molar-refractivity contribution in [1.82, 2.24) is 9.55 Å². The van der Waals surface area contributed by atoms with Crippen molar-refractivity contribution in [2.75, 3.05) is 20.8 Å². The lowest BCUT2D eigenvalue weighted by atomic mass is 10.2. The largest absolute Gasteiger partial charge is 0.501 e. The number of methoxy groups -OCH3 is 2. The highest BCUT2D eigenvalue weighted by atomic mass is 16.5. The predicted octanol–water partition coefficient (Wildman–Crippen LogP) is 3.33. The molecule has 0 radical (unpaired) electrons. The molecule has 0 aliphatic rings. The fraction of sp³-hybridized carbons (Fsp3) is 0.348. The van der Waals surface area contributed by atoms with E-state index < -0.39 is 0 Å². The number of nitrogens with zero attached hydrogens (tertiary/aromatic N) is 3. The van der Waals surface area contributed by atoms with E-state index in [0.717, 1.165) is 22.5 Å². The van der Waals surface area contributed by atoms with Crippen molar-refractivity contribution < 1.29 is 18.9 Å². The second-order valence-corrected chi connectivity index (χ2v) is 6.75. The summed E-state index contributed by atoms with van der Waals surface area (Å²) in [6.45, 7) is 4.56. The fourth-order valence-electron chi connectivity index (χ4n) is 2.66. The molecule has 0 amide bonds. The van der Waals surface area contributed by atoms with Gasteiger partial charge in [-0.3, -0.25) is 4.79 Å². The number of rotatable bonds is 11. The van der Waals surface area contributed by atoms with Crippen LogP contribution in [0.1, 0.15) is 23.9 Å². The van der Waals surface area contributed by atoms with E-state index in [2.05, 4.69) is 9.98 Å². The number of hydrogen-bond acceptors (Lipinski definition) is 7. The van der Waals surface area contributed by atoms with E-state index in [0.29, 0.717) is 24.7 Å². The average Bonchev–Trinajstić information content (AvgIpc) is 2.76. The van der Waals surface area contributed by atoms with Gasteiger partial charge in [-0.25, -0.2) is 9.98 Å². The smallest absolute Gasteiger partial charge is 0.256 e. The van der Waals surface area contributed by atoms with Crippen LogP contribution in [-0.2, 0) is 29.5 Å². The van der Waals surface area contributed by atoms with Crippen LogP contribution in [0.3, 0.4) is 0 Å². The first-order chi connectivity index (χ1) is 15.0. The normalized spacial score (nSPS) is 11.8. The Bertz CT molecular complexity index is 1010. The highest BCUT2D eigenvalue weighted by Crippen LogP contribution is 2.26. The topological polar surface area (TPSA) is 84.2 Å². The zero-order valence-electron chi connectivity index (χ0n) is 18.6. The predicted molar refractivity (Wildman–Crippen MR) is 120 cm³/mol. The molecule has 0 spiro atoms. The van der Waals surface area contributed by atoms with Crippen LogP contribution in [0.25, 0.3) is 0 Å². The summed E-state index contributed by atoms with van der Waals surface area (Å²) in [5.41, 5.74) is 3.45. The van der Waals surface area contributed by atoms with Crippen molar-refractivity contribution in [3.05, 3.63) is 75.7 Å². The summed E-state index contributed by atoms with van der Waals surface area (Å²) >= 11 is 0. The minimum absolute atomic E-state index is 0.0768. The second-order valence-electron chi connectivity index (χ2n) is 6.75. The van der Waals surface area contributed by atoms with Crippen molar-refractivity contribution in [3.63, 3.8) is 0 Å². The maximum atomic E-state index is 11.9. The lowest BCUT2D eigenvalue weighted by Crippen LogP contribution is -2.21. The van der Waals surface area contributed by atoms with Crippen LogP contribution in [0.2, 0.25) is 0 Å². The van der Waals surface area contributed by atoms with Gasteiger partial charge in [0.05, 0.1) is 32.8 Å². The van der Waals surface area contributed by atoms with Crippen LogP contribution >= 0.6 is 0 Å². The van der Waals surface area contributed by atoms with Crippen LogP contribution in [0, 0.1) is 6.92 Å². The molecule has 31 heavy (non-hydrogen) atoms. The Kier molecular flexibility index (Phi) is 9.35. The van der Waals surface area contributed by atoms with Crippen molar-refractivity contribution in [1.29, 1.82) is 0 Å². The van der Waals surface area contributed by atoms with Gasteiger partial charge in [0.25, 0.3) is 11.4 Å². The minimum Gasteiger partial charge on any atom is -0.501 e. The third kappa shape index (κ3) is 7.33. The van der Waals surface area contributed by atoms with Crippen molar-refractivity contribution in [3.8, 4) is 11.6 Å². The molecule has 0 saturated carbocycles. The SMILES string of the molecule is COC=N/C=C(C)\C=C\OCCc1ccc(OCc2c(C)ccc(=O)n2C)c(OC)n1. The molecule has 8 heteroatoms. The van der Waals surface area contributed by atoms with Gasteiger partial charge in [-0.15, -0.1) is 0 Å². The highest BCUT2D eigenvalue weighted by molar-refractivity contribution is 5.47. The van der Waals surface area contributed by atoms with Gasteiger partial charge in [0.2, 0.25) is 0 Å². The first kappa shape index (κ1) is 23.7. The quantitative estimate of drug-likeness (QED) is 0.180. The summed E-state index contributed by atoms with van der Waals surface area (Å²) in [6.07, 6.45) is 7.07. The highest BCUT2D eigenvalue weighted by Gasteiger charge is 2.11. The molecule has 0 aliphatic heterocycles. The molecule has 0 saturated heterocycles. The number of aryl methyl sites for hydroxylation is 1. The number of aromatic nitrogens is 2. The molecular weight excluding hydrogens is 398 g/mol. The van der Waals surface area contributed by atoms with Crippen LogP contribution in [0.15, 0.2) is 58.2 Å². The Morgan fingerprint density at radius 3 is 2.77 bits per heavy atom. The summed E-state index contributed by atoms with van der Waals surface area (Å²) in [7, 11) is 4.81. The molecule has 2 rings (SSSR count). The molecule has 0 aromatic carbocycles. The van der Waals surface area contributed by atoms with E-state index in [1.54, 1.807) is 50.4 Å². The van der Waals surface area contributed by atoms with Gasteiger partial charge in [-0.1, -0.05) is 6.07 Å². The van der Waals surface area contributed by atoms with Gasteiger partial charge in [0, 0.05) is 31.4 Å². The van der Waals surface area contributed by atoms with E-state index in [4.69, 9.17) is 18.9 Å². The Morgan fingerprint density at radius 2 is 2.03 bits per heavy atom. The first-order valence-electron chi connectivity index (χ1n) is 9.77. The molecule has 2 heterocycles. The van der Waals surface area contributed by atoms with Gasteiger partial charge < -0.3 is 23.5 Å². The molecule has 0 fully saturated rings. The van der Waals surface area contributed by atoms with Gasteiger partial charge >= 0.3 is 0 Å². The van der Waals surface area contributed by atoms with E-state index in [9.17, 15) is 4.79 Å². The minimum atomic E-state index is -0.0768. The van der Waals surface area contributed by atoms with E-state index in [1.807, 2.05) is 32.1 Å². The Balaban J connectivity index is 1.93. The maximum Gasteiger partial charge on any atom is 0.256 e. The standard InChI is InChI=1S/C23H29N3O5/c1-17(14-24-16-28-4)10-12-30-13-11-19-7-8-21(23(25-19)29-5)31-15-20-18(2)6-9-22(27)26(20)3/h6-10,12,14,16H,11,13,15H2,1-5H3/b12-10+,17-14-,24-16?. The number of ether oxygens (including phenoxy) is 4. The van der Waals surface area contributed by atoms with Crippen molar-refractivity contribution in [2.24, 2.45) is 12.0 Å². The molecule has 2 aromatic rings. The molecular formula is C23H29N3O5. The van der Waals surface area contributed by atoms with Crippen LogP contribution < -0.4 is 15.0 Å². The monoisotopic (exact) mass is 427 g/mol. The van der Waals surface area contributed by atoms with Gasteiger partial charge in [0.15, 0.2) is 12.2 Å². The lowest BCUT2D eigenvalue weighted by Gasteiger charge is -2.14. The number of pyridine rings is 2. The molecule has 0 bridgehead atoms. The third-order valence-corrected chi connectivity index (χ3v) is 4.45. The zero-order chi connectivity index (χ0) is 22.6. The fourth-order valence-corrected chi connectivity index (χ4v) is 2.66. The summed E-state index contributed by atoms with van der Waals surface area (Å²) in [4.78, 5) is 20.3. The number of aliphatic imine (C=N–C) groups is 1. The molecule has 0 unspecified atom stereocenters. The van der Waals surface area contributed by atoms with Crippen LogP contribution in [0.5, 0.6) is 11.6 Å². The molecule has 8 nitrogen and oxygen atoms in total. The van der Waals surface area contributed by atoms with Crippen LogP contribution in [0.4, 0.5) is 0 Å². The Hall–Kier alpha value is -3.55. The van der Waals surface area contributed by atoms with E-state index in [-0.39, 0.29) is 12.2 Å². The first-order valence-corrected chi connectivity index (χ1v) is 9.77. The molecule has 0 N–H and O–H groups in total. The molecule has 2 aromatic heterocycles. The lowest BCUT2D eigenvalue weighted by molar-refractivity contribution is 0.250. The van der Waals surface area contributed by atoms with Gasteiger partial charge in [-0.05, 0) is 43.2 Å². The van der Waals surface area contributed by atoms with Gasteiger partial charge in [0.1, 0.15) is 6.61 Å².